The monoisotopic (exact) mass is 282 g/mol. The number of benzene rings is 1. The van der Waals surface area contributed by atoms with Crippen LogP contribution in [0.25, 0.3) is 0 Å². The first kappa shape index (κ1) is 16.4. The lowest BCUT2D eigenvalue weighted by atomic mass is 10.1. The highest BCUT2D eigenvalue weighted by Crippen LogP contribution is 2.24. The van der Waals surface area contributed by atoms with E-state index >= 15 is 0 Å². The predicted octanol–water partition coefficient (Wildman–Crippen LogP) is 2.51. The van der Waals surface area contributed by atoms with Crippen molar-refractivity contribution in [3.63, 3.8) is 0 Å². The van der Waals surface area contributed by atoms with E-state index in [0.717, 1.165) is 5.56 Å². The van der Waals surface area contributed by atoms with Crippen molar-refractivity contribution in [2.75, 3.05) is 13.7 Å². The van der Waals surface area contributed by atoms with E-state index in [0.29, 0.717) is 24.9 Å². The van der Waals surface area contributed by atoms with Crippen molar-refractivity contribution >= 4 is 5.69 Å². The fourth-order valence-corrected chi connectivity index (χ4v) is 1.55. The molecule has 1 rings (SSSR count). The third kappa shape index (κ3) is 5.14. The van der Waals surface area contributed by atoms with Crippen LogP contribution < -0.4 is 10.1 Å². The minimum Gasteiger partial charge on any atom is -0.491 e. The summed E-state index contributed by atoms with van der Waals surface area (Å²) in [6.45, 7) is 6.87. The molecule has 6 heteroatoms. The third-order valence-corrected chi connectivity index (χ3v) is 2.83. The highest BCUT2D eigenvalue weighted by molar-refractivity contribution is 5.43. The maximum Gasteiger partial charge on any atom is 0.270 e. The minimum atomic E-state index is -0.402. The molecule has 1 aromatic rings. The lowest BCUT2D eigenvalue weighted by Crippen LogP contribution is -2.23. The van der Waals surface area contributed by atoms with Gasteiger partial charge in [-0.3, -0.25) is 10.1 Å². The van der Waals surface area contributed by atoms with Gasteiger partial charge in [0, 0.05) is 37.4 Å². The van der Waals surface area contributed by atoms with Gasteiger partial charge in [-0.15, -0.1) is 0 Å². The van der Waals surface area contributed by atoms with Crippen LogP contribution in [0.5, 0.6) is 5.75 Å². The van der Waals surface area contributed by atoms with Crippen molar-refractivity contribution < 1.29 is 14.4 Å². The first-order valence-electron chi connectivity index (χ1n) is 6.60. The van der Waals surface area contributed by atoms with Crippen molar-refractivity contribution in [3.8, 4) is 5.75 Å². The molecular weight excluding hydrogens is 260 g/mol. The van der Waals surface area contributed by atoms with E-state index in [1.807, 2.05) is 20.8 Å². The van der Waals surface area contributed by atoms with E-state index in [2.05, 4.69) is 5.32 Å². The standard InChI is InChI=1S/C14H22N2O4/c1-10(2)15-8-12-7-13(16(17)18)5-6-14(12)20-9-11(3)19-4/h5-7,10-11,15H,8-9H2,1-4H3. The molecule has 112 valence electrons. The molecule has 0 aliphatic carbocycles. The molecule has 0 bridgehead atoms. The van der Waals surface area contributed by atoms with Gasteiger partial charge in [-0.1, -0.05) is 13.8 Å². The maximum absolute atomic E-state index is 10.8. The Balaban J connectivity index is 2.87. The van der Waals surface area contributed by atoms with Crippen molar-refractivity contribution in [1.82, 2.24) is 5.32 Å². The maximum atomic E-state index is 10.8. The third-order valence-electron chi connectivity index (χ3n) is 2.83. The van der Waals surface area contributed by atoms with E-state index in [9.17, 15) is 10.1 Å². The molecule has 20 heavy (non-hydrogen) atoms. The molecule has 0 amide bonds. The summed E-state index contributed by atoms with van der Waals surface area (Å²) in [4.78, 5) is 10.4. The Morgan fingerprint density at radius 3 is 2.60 bits per heavy atom. The van der Waals surface area contributed by atoms with E-state index in [1.165, 1.54) is 6.07 Å². The molecule has 1 N–H and O–H groups in total. The molecule has 0 aliphatic rings. The summed E-state index contributed by atoms with van der Waals surface area (Å²) in [5.74, 6) is 0.646. The van der Waals surface area contributed by atoms with Crippen LogP contribution in [0.4, 0.5) is 5.69 Å². The van der Waals surface area contributed by atoms with Crippen LogP contribution in [0.2, 0.25) is 0 Å². The topological polar surface area (TPSA) is 73.6 Å². The number of hydrogen-bond donors (Lipinski definition) is 1. The normalized spacial score (nSPS) is 12.4. The SMILES string of the molecule is COC(C)COc1ccc([N+](=O)[O-])cc1CNC(C)C. The fraction of sp³-hybridized carbons (Fsp3) is 0.571. The molecule has 0 radical (unpaired) electrons. The Kier molecular flexibility index (Phi) is 6.41. The Bertz CT molecular complexity index is 449. The smallest absolute Gasteiger partial charge is 0.270 e. The van der Waals surface area contributed by atoms with Crippen LogP contribution in [-0.4, -0.2) is 30.8 Å². The Morgan fingerprint density at radius 1 is 1.35 bits per heavy atom. The predicted molar refractivity (Wildman–Crippen MR) is 77.0 cm³/mol. The molecule has 0 aliphatic heterocycles. The van der Waals surface area contributed by atoms with Gasteiger partial charge in [0.2, 0.25) is 0 Å². The van der Waals surface area contributed by atoms with E-state index in [4.69, 9.17) is 9.47 Å². The van der Waals surface area contributed by atoms with E-state index in [-0.39, 0.29) is 11.8 Å². The number of rotatable bonds is 8. The molecule has 1 aromatic carbocycles. The molecule has 0 fully saturated rings. The largest absolute Gasteiger partial charge is 0.491 e. The molecule has 0 saturated carbocycles. The molecule has 0 heterocycles. The zero-order chi connectivity index (χ0) is 15.1. The van der Waals surface area contributed by atoms with Gasteiger partial charge < -0.3 is 14.8 Å². The van der Waals surface area contributed by atoms with Crippen LogP contribution in [0.1, 0.15) is 26.3 Å². The fourth-order valence-electron chi connectivity index (χ4n) is 1.55. The molecule has 6 nitrogen and oxygen atoms in total. The van der Waals surface area contributed by atoms with Gasteiger partial charge in [-0.05, 0) is 13.0 Å². The minimum absolute atomic E-state index is 0.0314. The van der Waals surface area contributed by atoms with E-state index in [1.54, 1.807) is 19.2 Å². The first-order chi connectivity index (χ1) is 9.43. The summed E-state index contributed by atoms with van der Waals surface area (Å²) in [7, 11) is 1.62. The zero-order valence-corrected chi connectivity index (χ0v) is 12.4. The number of ether oxygens (including phenoxy) is 2. The van der Waals surface area contributed by atoms with Gasteiger partial charge in [0.15, 0.2) is 0 Å². The summed E-state index contributed by atoms with van der Waals surface area (Å²) in [5, 5.41) is 14.1. The van der Waals surface area contributed by atoms with Gasteiger partial charge in [-0.2, -0.15) is 0 Å². The van der Waals surface area contributed by atoms with Crippen LogP contribution in [0, 0.1) is 10.1 Å². The van der Waals surface area contributed by atoms with Crippen molar-refractivity contribution in [2.24, 2.45) is 0 Å². The second kappa shape index (κ2) is 7.81. The molecule has 0 saturated heterocycles. The van der Waals surface area contributed by atoms with Crippen LogP contribution >= 0.6 is 0 Å². The quantitative estimate of drug-likeness (QED) is 0.586. The first-order valence-corrected chi connectivity index (χ1v) is 6.60. The van der Waals surface area contributed by atoms with Gasteiger partial charge >= 0.3 is 0 Å². The van der Waals surface area contributed by atoms with Crippen molar-refractivity contribution in [2.45, 2.75) is 39.5 Å². The highest BCUT2D eigenvalue weighted by Gasteiger charge is 2.13. The molecule has 1 atom stereocenters. The van der Waals surface area contributed by atoms with Crippen molar-refractivity contribution in [3.05, 3.63) is 33.9 Å². The number of nitro benzene ring substituents is 1. The summed E-state index contributed by atoms with van der Waals surface area (Å²) in [6, 6.07) is 4.92. The summed E-state index contributed by atoms with van der Waals surface area (Å²) < 4.78 is 10.8. The number of hydrogen-bond acceptors (Lipinski definition) is 5. The highest BCUT2D eigenvalue weighted by atomic mass is 16.6. The average molecular weight is 282 g/mol. The second-order valence-corrected chi connectivity index (χ2v) is 4.94. The zero-order valence-electron chi connectivity index (χ0n) is 12.4. The van der Waals surface area contributed by atoms with Crippen LogP contribution in [0.15, 0.2) is 18.2 Å². The summed E-state index contributed by atoms with van der Waals surface area (Å²) >= 11 is 0. The number of nitro groups is 1. The average Bonchev–Trinajstić information content (AvgIpc) is 2.42. The van der Waals surface area contributed by atoms with Gasteiger partial charge in [0.05, 0.1) is 11.0 Å². The Hall–Kier alpha value is -1.66. The lowest BCUT2D eigenvalue weighted by Gasteiger charge is -2.16. The number of methoxy groups -OCH3 is 1. The number of nitrogens with zero attached hydrogens (tertiary/aromatic N) is 1. The van der Waals surface area contributed by atoms with Gasteiger partial charge in [0.1, 0.15) is 12.4 Å². The second-order valence-electron chi connectivity index (χ2n) is 4.94. The Morgan fingerprint density at radius 2 is 2.05 bits per heavy atom. The van der Waals surface area contributed by atoms with Gasteiger partial charge in [0.25, 0.3) is 5.69 Å². The number of nitrogens with one attached hydrogen (secondary N) is 1. The van der Waals surface area contributed by atoms with Crippen molar-refractivity contribution in [1.29, 1.82) is 0 Å². The number of non-ortho nitro benzene ring substituents is 1. The Labute approximate surface area is 119 Å². The lowest BCUT2D eigenvalue weighted by molar-refractivity contribution is -0.384. The molecule has 0 spiro atoms. The van der Waals surface area contributed by atoms with Crippen LogP contribution in [-0.2, 0) is 11.3 Å². The summed E-state index contributed by atoms with van der Waals surface area (Å²) in [5.41, 5.74) is 0.842. The molecule has 1 unspecified atom stereocenters. The molecular formula is C14H22N2O4. The van der Waals surface area contributed by atoms with Gasteiger partial charge in [-0.25, -0.2) is 0 Å². The van der Waals surface area contributed by atoms with Crippen LogP contribution in [0.3, 0.4) is 0 Å². The van der Waals surface area contributed by atoms with E-state index < -0.39 is 4.92 Å². The summed E-state index contributed by atoms with van der Waals surface area (Å²) in [6.07, 6.45) is -0.0314. The molecule has 0 aromatic heterocycles.